The van der Waals surface area contributed by atoms with Crippen molar-refractivity contribution in [3.05, 3.63) is 48.0 Å². The average Bonchev–Trinajstić information content (AvgIpc) is 2.25. The molecule has 0 aromatic heterocycles. The molecule has 0 amide bonds. The third kappa shape index (κ3) is 4.98. The van der Waals surface area contributed by atoms with Crippen LogP contribution < -0.4 is 5.73 Å². The van der Waals surface area contributed by atoms with Gasteiger partial charge in [0.15, 0.2) is 0 Å². The lowest BCUT2D eigenvalue weighted by molar-refractivity contribution is -0.131. The van der Waals surface area contributed by atoms with Crippen LogP contribution in [0.25, 0.3) is 0 Å². The van der Waals surface area contributed by atoms with Crippen molar-refractivity contribution in [1.29, 1.82) is 0 Å². The number of hydrogen-bond acceptors (Lipinski definition) is 2. The van der Waals surface area contributed by atoms with Gasteiger partial charge in [-0.3, -0.25) is 0 Å². The van der Waals surface area contributed by atoms with Crippen LogP contribution in [0.3, 0.4) is 0 Å². The van der Waals surface area contributed by atoms with Crippen molar-refractivity contribution >= 4 is 5.97 Å². The molecule has 0 aliphatic carbocycles. The molecule has 0 spiro atoms. The summed E-state index contributed by atoms with van der Waals surface area (Å²) in [5, 5.41) is 8.41. The highest BCUT2D eigenvalue weighted by Crippen LogP contribution is 2.04. The molecule has 1 aromatic rings. The third-order valence-corrected chi connectivity index (χ3v) is 2.10. The van der Waals surface area contributed by atoms with Crippen LogP contribution in [0.15, 0.2) is 42.5 Å². The lowest BCUT2D eigenvalue weighted by atomic mass is 10.1. The molecule has 0 aliphatic heterocycles. The number of carbonyl (C=O) groups is 1. The van der Waals surface area contributed by atoms with E-state index in [0.29, 0.717) is 0 Å². The Labute approximate surface area is 89.2 Å². The van der Waals surface area contributed by atoms with Gasteiger partial charge in [-0.05, 0) is 18.4 Å². The Kier molecular flexibility index (Phi) is 4.57. The van der Waals surface area contributed by atoms with E-state index in [1.54, 1.807) is 0 Å². The maximum atomic E-state index is 10.2. The Bertz CT molecular complexity index is 333. The van der Waals surface area contributed by atoms with Gasteiger partial charge in [-0.2, -0.15) is 0 Å². The quantitative estimate of drug-likeness (QED) is 0.717. The normalized spacial score (nSPS) is 12.9. The van der Waals surface area contributed by atoms with E-state index in [1.165, 1.54) is 11.6 Å². The molecule has 3 nitrogen and oxygen atoms in total. The Balaban J connectivity index is 2.34. The highest BCUT2D eigenvalue weighted by Gasteiger charge is 1.99. The molecule has 0 bridgehead atoms. The zero-order valence-electron chi connectivity index (χ0n) is 8.47. The second-order valence-electron chi connectivity index (χ2n) is 3.39. The van der Waals surface area contributed by atoms with Gasteiger partial charge in [0.25, 0.3) is 0 Å². The molecule has 0 radical (unpaired) electrons. The summed E-state index contributed by atoms with van der Waals surface area (Å²) in [5.41, 5.74) is 6.94. The first-order valence-electron chi connectivity index (χ1n) is 4.89. The average molecular weight is 205 g/mol. The van der Waals surface area contributed by atoms with Crippen LogP contribution in [-0.4, -0.2) is 17.1 Å². The molecule has 3 heteroatoms. The van der Waals surface area contributed by atoms with Crippen LogP contribution >= 0.6 is 0 Å². The highest BCUT2D eigenvalue weighted by molar-refractivity contribution is 5.79. The first-order valence-corrected chi connectivity index (χ1v) is 4.89. The predicted molar refractivity (Wildman–Crippen MR) is 59.5 cm³/mol. The highest BCUT2D eigenvalue weighted by atomic mass is 16.4. The molecule has 0 saturated carbocycles. The summed E-state index contributed by atoms with van der Waals surface area (Å²) in [4.78, 5) is 10.2. The van der Waals surface area contributed by atoms with Crippen LogP contribution in [0.1, 0.15) is 12.0 Å². The van der Waals surface area contributed by atoms with Crippen LogP contribution in [0.2, 0.25) is 0 Å². The van der Waals surface area contributed by atoms with Crippen molar-refractivity contribution in [2.24, 2.45) is 5.73 Å². The summed E-state index contributed by atoms with van der Waals surface area (Å²) >= 11 is 0. The van der Waals surface area contributed by atoms with Gasteiger partial charge in [0, 0.05) is 12.1 Å². The van der Waals surface area contributed by atoms with Crippen molar-refractivity contribution < 1.29 is 9.90 Å². The van der Waals surface area contributed by atoms with E-state index in [9.17, 15) is 4.79 Å². The fourth-order valence-corrected chi connectivity index (χ4v) is 1.28. The largest absolute Gasteiger partial charge is 0.478 e. The van der Waals surface area contributed by atoms with Gasteiger partial charge in [0.05, 0.1) is 0 Å². The number of carboxylic acids is 1. The molecule has 1 atom stereocenters. The first-order chi connectivity index (χ1) is 7.18. The van der Waals surface area contributed by atoms with E-state index in [4.69, 9.17) is 10.8 Å². The van der Waals surface area contributed by atoms with Gasteiger partial charge < -0.3 is 10.8 Å². The minimum atomic E-state index is -0.954. The Morgan fingerprint density at radius 3 is 2.67 bits per heavy atom. The molecule has 0 aliphatic rings. The third-order valence-electron chi connectivity index (χ3n) is 2.10. The SMILES string of the molecule is N[C@H](C=CC(=O)O)CCc1ccccc1. The van der Waals surface area contributed by atoms with Crippen LogP contribution in [-0.2, 0) is 11.2 Å². The van der Waals surface area contributed by atoms with Gasteiger partial charge in [0.1, 0.15) is 0 Å². The maximum absolute atomic E-state index is 10.2. The summed E-state index contributed by atoms with van der Waals surface area (Å²) < 4.78 is 0. The van der Waals surface area contributed by atoms with E-state index in [1.807, 2.05) is 30.3 Å². The summed E-state index contributed by atoms with van der Waals surface area (Å²) in [6.45, 7) is 0. The second-order valence-corrected chi connectivity index (χ2v) is 3.39. The molecule has 0 heterocycles. The molecular formula is C12H15NO2. The minimum absolute atomic E-state index is 0.193. The molecule has 1 rings (SSSR count). The number of aliphatic carboxylic acids is 1. The molecule has 15 heavy (non-hydrogen) atoms. The van der Waals surface area contributed by atoms with E-state index < -0.39 is 5.97 Å². The first kappa shape index (κ1) is 11.5. The van der Waals surface area contributed by atoms with Gasteiger partial charge in [0.2, 0.25) is 0 Å². The Hall–Kier alpha value is -1.61. The molecule has 0 saturated heterocycles. The minimum Gasteiger partial charge on any atom is -0.478 e. The number of benzene rings is 1. The number of carboxylic acid groups (broad SMARTS) is 1. The molecule has 3 N–H and O–H groups in total. The van der Waals surface area contributed by atoms with Gasteiger partial charge >= 0.3 is 5.97 Å². The Morgan fingerprint density at radius 1 is 1.40 bits per heavy atom. The van der Waals surface area contributed by atoms with Crippen LogP contribution in [0, 0.1) is 0 Å². The summed E-state index contributed by atoms with van der Waals surface area (Å²) in [7, 11) is 0. The van der Waals surface area contributed by atoms with Crippen molar-refractivity contribution in [2.75, 3.05) is 0 Å². The summed E-state index contributed by atoms with van der Waals surface area (Å²) in [6, 6.07) is 9.80. The monoisotopic (exact) mass is 205 g/mol. The predicted octanol–water partition coefficient (Wildman–Crippen LogP) is 1.59. The van der Waals surface area contributed by atoms with Crippen molar-refractivity contribution in [1.82, 2.24) is 0 Å². The zero-order valence-corrected chi connectivity index (χ0v) is 8.47. The van der Waals surface area contributed by atoms with Crippen molar-refractivity contribution in [3.8, 4) is 0 Å². The molecule has 80 valence electrons. The molecular weight excluding hydrogens is 190 g/mol. The van der Waals surface area contributed by atoms with Gasteiger partial charge in [-0.15, -0.1) is 0 Å². The number of rotatable bonds is 5. The zero-order chi connectivity index (χ0) is 11.1. The van der Waals surface area contributed by atoms with Crippen LogP contribution in [0.5, 0.6) is 0 Å². The number of aryl methyl sites for hydroxylation is 1. The fraction of sp³-hybridized carbons (Fsp3) is 0.250. The van der Waals surface area contributed by atoms with Crippen molar-refractivity contribution in [2.45, 2.75) is 18.9 Å². The van der Waals surface area contributed by atoms with E-state index in [2.05, 4.69) is 0 Å². The number of hydrogen-bond donors (Lipinski definition) is 2. The van der Waals surface area contributed by atoms with Crippen LogP contribution in [0.4, 0.5) is 0 Å². The van der Waals surface area contributed by atoms with Gasteiger partial charge in [-0.25, -0.2) is 4.79 Å². The smallest absolute Gasteiger partial charge is 0.328 e. The summed E-state index contributed by atoms with van der Waals surface area (Å²) in [6.07, 6.45) is 4.24. The van der Waals surface area contributed by atoms with E-state index in [0.717, 1.165) is 18.9 Å². The second kappa shape index (κ2) is 5.98. The molecule has 0 unspecified atom stereocenters. The standard InChI is InChI=1S/C12H15NO2/c13-11(8-9-12(14)15)7-6-10-4-2-1-3-5-10/h1-5,8-9,11H,6-7,13H2,(H,14,15)/t11-/m0/s1. The lowest BCUT2D eigenvalue weighted by Crippen LogP contribution is -2.18. The maximum Gasteiger partial charge on any atom is 0.328 e. The Morgan fingerprint density at radius 2 is 2.07 bits per heavy atom. The number of nitrogens with two attached hydrogens (primary N) is 1. The molecule has 0 fully saturated rings. The lowest BCUT2D eigenvalue weighted by Gasteiger charge is -2.05. The fourth-order valence-electron chi connectivity index (χ4n) is 1.28. The van der Waals surface area contributed by atoms with E-state index in [-0.39, 0.29) is 6.04 Å². The molecule has 1 aromatic carbocycles. The van der Waals surface area contributed by atoms with E-state index >= 15 is 0 Å². The van der Waals surface area contributed by atoms with Crippen molar-refractivity contribution in [3.63, 3.8) is 0 Å². The van der Waals surface area contributed by atoms with Gasteiger partial charge in [-0.1, -0.05) is 36.4 Å². The topological polar surface area (TPSA) is 63.3 Å². The summed E-state index contributed by atoms with van der Waals surface area (Å²) in [5.74, 6) is -0.954.